The molecule has 1 rings (SSSR count). The van der Waals surface area contributed by atoms with Gasteiger partial charge in [-0.25, -0.2) is 13.1 Å². The van der Waals surface area contributed by atoms with Gasteiger partial charge in [-0.05, 0) is 28.9 Å². The van der Waals surface area contributed by atoms with E-state index in [0.717, 1.165) is 4.47 Å². The van der Waals surface area contributed by atoms with E-state index in [9.17, 15) is 8.42 Å². The standard InChI is InChI=1S/C10H17BrN2O2S2/c1-3-13-17(14,15)5-4-12-8(2)10-6-9(11)7-16-10/h6-8,12-13H,3-5H2,1-2H3. The Kier molecular flexibility index (Phi) is 6.08. The highest BCUT2D eigenvalue weighted by molar-refractivity contribution is 9.10. The third kappa shape index (κ3) is 5.48. The number of sulfonamides is 1. The monoisotopic (exact) mass is 340 g/mol. The van der Waals surface area contributed by atoms with E-state index in [4.69, 9.17) is 0 Å². The smallest absolute Gasteiger partial charge is 0.212 e. The van der Waals surface area contributed by atoms with Gasteiger partial charge in [-0.2, -0.15) is 0 Å². The number of nitrogens with one attached hydrogen (secondary N) is 2. The summed E-state index contributed by atoms with van der Waals surface area (Å²) in [6, 6.07) is 2.21. The quantitative estimate of drug-likeness (QED) is 0.799. The normalized spacial score (nSPS) is 13.8. The minimum atomic E-state index is -3.12. The number of thiophene rings is 1. The maximum Gasteiger partial charge on any atom is 0.212 e. The Labute approximate surface area is 115 Å². The molecule has 0 bridgehead atoms. The van der Waals surface area contributed by atoms with Crippen molar-refractivity contribution < 1.29 is 8.42 Å². The average Bonchev–Trinajstić information content (AvgIpc) is 2.64. The molecule has 0 aliphatic carbocycles. The van der Waals surface area contributed by atoms with Crippen LogP contribution >= 0.6 is 27.3 Å². The Morgan fingerprint density at radius 3 is 2.76 bits per heavy atom. The van der Waals surface area contributed by atoms with Crippen LogP contribution in [0.3, 0.4) is 0 Å². The fourth-order valence-corrected chi connectivity index (χ4v) is 3.81. The summed E-state index contributed by atoms with van der Waals surface area (Å²) in [5, 5.41) is 5.21. The van der Waals surface area contributed by atoms with Crippen molar-refractivity contribution >= 4 is 37.3 Å². The van der Waals surface area contributed by atoms with Gasteiger partial charge >= 0.3 is 0 Å². The van der Waals surface area contributed by atoms with Gasteiger partial charge < -0.3 is 5.32 Å². The highest BCUT2D eigenvalue weighted by atomic mass is 79.9. The lowest BCUT2D eigenvalue weighted by atomic mass is 10.3. The highest BCUT2D eigenvalue weighted by Gasteiger charge is 2.11. The molecule has 1 heterocycles. The Bertz CT molecular complexity index is 445. The largest absolute Gasteiger partial charge is 0.308 e. The molecule has 7 heteroatoms. The minimum Gasteiger partial charge on any atom is -0.308 e. The summed E-state index contributed by atoms with van der Waals surface area (Å²) in [6.07, 6.45) is 0. The highest BCUT2D eigenvalue weighted by Crippen LogP contribution is 2.25. The molecular weight excluding hydrogens is 324 g/mol. The second-order valence-corrected chi connectivity index (χ2v) is 7.44. The first-order valence-electron chi connectivity index (χ1n) is 5.39. The van der Waals surface area contributed by atoms with E-state index in [2.05, 4.69) is 26.0 Å². The zero-order valence-electron chi connectivity index (χ0n) is 9.86. The van der Waals surface area contributed by atoms with Gasteiger partial charge in [-0.15, -0.1) is 11.3 Å². The van der Waals surface area contributed by atoms with E-state index in [1.54, 1.807) is 18.3 Å². The van der Waals surface area contributed by atoms with E-state index in [1.165, 1.54) is 4.88 Å². The van der Waals surface area contributed by atoms with Gasteiger partial charge in [0.1, 0.15) is 0 Å². The SMILES string of the molecule is CCNS(=O)(=O)CCNC(C)c1cc(Br)cs1. The van der Waals surface area contributed by atoms with Crippen molar-refractivity contribution in [2.24, 2.45) is 0 Å². The predicted molar refractivity (Wildman–Crippen MR) is 75.9 cm³/mol. The van der Waals surface area contributed by atoms with Gasteiger partial charge in [0, 0.05) is 33.9 Å². The van der Waals surface area contributed by atoms with Crippen LogP contribution < -0.4 is 10.0 Å². The van der Waals surface area contributed by atoms with Gasteiger partial charge in [0.05, 0.1) is 5.75 Å². The molecule has 1 aromatic heterocycles. The van der Waals surface area contributed by atoms with Crippen molar-refractivity contribution in [2.75, 3.05) is 18.8 Å². The maximum absolute atomic E-state index is 11.4. The summed E-state index contributed by atoms with van der Waals surface area (Å²) in [5.41, 5.74) is 0. The van der Waals surface area contributed by atoms with Crippen molar-refractivity contribution in [1.29, 1.82) is 0 Å². The van der Waals surface area contributed by atoms with Crippen LogP contribution in [0, 0.1) is 0 Å². The molecule has 0 aliphatic rings. The van der Waals surface area contributed by atoms with Crippen LogP contribution in [0.4, 0.5) is 0 Å². The lowest BCUT2D eigenvalue weighted by Crippen LogP contribution is -2.32. The van der Waals surface area contributed by atoms with Crippen LogP contribution in [0.25, 0.3) is 0 Å². The fraction of sp³-hybridized carbons (Fsp3) is 0.600. The molecule has 1 aromatic rings. The van der Waals surface area contributed by atoms with E-state index in [-0.39, 0.29) is 11.8 Å². The summed E-state index contributed by atoms with van der Waals surface area (Å²) in [7, 11) is -3.12. The first kappa shape index (κ1) is 15.1. The first-order valence-corrected chi connectivity index (χ1v) is 8.71. The zero-order valence-corrected chi connectivity index (χ0v) is 13.1. The lowest BCUT2D eigenvalue weighted by molar-refractivity contribution is 0.566. The molecule has 0 saturated carbocycles. The maximum atomic E-state index is 11.4. The van der Waals surface area contributed by atoms with Crippen LogP contribution in [-0.2, 0) is 10.0 Å². The number of hydrogen-bond donors (Lipinski definition) is 2. The minimum absolute atomic E-state index is 0.109. The fourth-order valence-electron chi connectivity index (χ4n) is 1.36. The molecule has 0 amide bonds. The topological polar surface area (TPSA) is 58.2 Å². The molecule has 1 unspecified atom stereocenters. The molecule has 0 spiro atoms. The molecule has 0 aliphatic heterocycles. The van der Waals surface area contributed by atoms with Gasteiger partial charge in [0.15, 0.2) is 0 Å². The third-order valence-corrected chi connectivity index (χ3v) is 5.55. The van der Waals surface area contributed by atoms with Crippen LogP contribution in [-0.4, -0.2) is 27.3 Å². The summed E-state index contributed by atoms with van der Waals surface area (Å²) in [6.45, 7) is 4.69. The molecule has 0 saturated heterocycles. The van der Waals surface area contributed by atoms with Crippen LogP contribution in [0.1, 0.15) is 24.8 Å². The summed E-state index contributed by atoms with van der Waals surface area (Å²) >= 11 is 5.05. The molecule has 0 fully saturated rings. The van der Waals surface area contributed by atoms with Crippen LogP contribution in [0.2, 0.25) is 0 Å². The molecule has 0 aromatic carbocycles. The van der Waals surface area contributed by atoms with E-state index in [1.807, 2.05) is 18.4 Å². The van der Waals surface area contributed by atoms with Gasteiger partial charge in [-0.3, -0.25) is 0 Å². The second-order valence-electron chi connectivity index (χ2n) is 3.66. The van der Waals surface area contributed by atoms with Crippen LogP contribution in [0.15, 0.2) is 15.9 Å². The van der Waals surface area contributed by atoms with E-state index in [0.29, 0.717) is 13.1 Å². The van der Waals surface area contributed by atoms with Crippen molar-refractivity contribution in [3.63, 3.8) is 0 Å². The summed E-state index contributed by atoms with van der Waals surface area (Å²) in [5.74, 6) is 0.109. The van der Waals surface area contributed by atoms with Gasteiger partial charge in [0.2, 0.25) is 10.0 Å². The third-order valence-electron chi connectivity index (χ3n) is 2.20. The van der Waals surface area contributed by atoms with Crippen molar-refractivity contribution in [2.45, 2.75) is 19.9 Å². The molecule has 0 radical (unpaired) electrons. The molecule has 98 valence electrons. The molecule has 1 atom stereocenters. The molecular formula is C10H17BrN2O2S2. The van der Waals surface area contributed by atoms with E-state index >= 15 is 0 Å². The van der Waals surface area contributed by atoms with Gasteiger partial charge in [0.25, 0.3) is 0 Å². The van der Waals surface area contributed by atoms with Crippen molar-refractivity contribution in [3.8, 4) is 0 Å². The Morgan fingerprint density at radius 1 is 1.53 bits per heavy atom. The molecule has 17 heavy (non-hydrogen) atoms. The molecule has 2 N–H and O–H groups in total. The van der Waals surface area contributed by atoms with Gasteiger partial charge in [-0.1, -0.05) is 6.92 Å². The van der Waals surface area contributed by atoms with Crippen LogP contribution in [0.5, 0.6) is 0 Å². The number of hydrogen-bond acceptors (Lipinski definition) is 4. The first-order chi connectivity index (χ1) is 7.94. The van der Waals surface area contributed by atoms with E-state index < -0.39 is 10.0 Å². The van der Waals surface area contributed by atoms with Crippen molar-refractivity contribution in [1.82, 2.24) is 10.0 Å². The Hall–Kier alpha value is 0.0500. The lowest BCUT2D eigenvalue weighted by Gasteiger charge is -2.12. The number of halogens is 1. The number of rotatable bonds is 7. The zero-order chi connectivity index (χ0) is 12.9. The van der Waals surface area contributed by atoms with Crippen molar-refractivity contribution in [3.05, 3.63) is 20.8 Å². The summed E-state index contributed by atoms with van der Waals surface area (Å²) in [4.78, 5) is 1.19. The Morgan fingerprint density at radius 2 is 2.24 bits per heavy atom. The summed E-state index contributed by atoms with van der Waals surface area (Å²) < 4.78 is 26.3. The predicted octanol–water partition coefficient (Wildman–Crippen LogP) is 2.10. The Balaban J connectivity index is 2.37. The second kappa shape index (κ2) is 6.84. The average molecular weight is 341 g/mol. The molecule has 4 nitrogen and oxygen atoms in total.